The van der Waals surface area contributed by atoms with E-state index in [0.717, 1.165) is 89.9 Å². The number of ketones is 2. The fourth-order valence-corrected chi connectivity index (χ4v) is 13.8. The van der Waals surface area contributed by atoms with Gasteiger partial charge in [0.1, 0.15) is 5.60 Å². The molecule has 0 saturated heterocycles. The Morgan fingerprint density at radius 3 is 1.88 bits per heavy atom. The van der Waals surface area contributed by atoms with E-state index in [0.29, 0.717) is 65.3 Å². The molecule has 1 unspecified atom stereocenters. The minimum atomic E-state index is -0.893. The quantitative estimate of drug-likeness (QED) is 0.242. The molecule has 0 heterocycles. The number of carbonyl (C=O) groups excluding carboxylic acids is 3. The molecule has 5 heteroatoms. The van der Waals surface area contributed by atoms with E-state index in [9.17, 15) is 19.5 Å². The minimum Gasteiger partial charge on any atom is -0.445 e. The number of hydrogen-bond donors (Lipinski definition) is 1. The van der Waals surface area contributed by atoms with Gasteiger partial charge < -0.3 is 9.84 Å². The van der Waals surface area contributed by atoms with E-state index in [1.54, 1.807) is 0 Å². The van der Waals surface area contributed by atoms with Crippen LogP contribution in [0.1, 0.15) is 130 Å². The van der Waals surface area contributed by atoms with Crippen molar-refractivity contribution in [3.8, 4) is 24.7 Å². The van der Waals surface area contributed by atoms with Gasteiger partial charge in [-0.15, -0.1) is 12.8 Å². The number of rotatable bonds is 2. The maximum absolute atomic E-state index is 11.8. The third kappa shape index (κ3) is 4.95. The van der Waals surface area contributed by atoms with E-state index in [1.165, 1.54) is 30.9 Å². The maximum atomic E-state index is 11.8. The molecule has 0 aromatic heterocycles. The molecule has 6 fully saturated rings. The zero-order chi connectivity index (χ0) is 34.1. The Hall–Kier alpha value is -2.63. The lowest BCUT2D eigenvalue weighted by Crippen LogP contribution is -2.53. The van der Waals surface area contributed by atoms with Gasteiger partial charge in [-0.25, -0.2) is 0 Å². The van der Waals surface area contributed by atoms with E-state index < -0.39 is 11.2 Å². The largest absolute Gasteiger partial charge is 0.445 e. The number of terminal acetylenes is 2. The first-order valence-corrected chi connectivity index (χ1v) is 19.3. The zero-order valence-corrected chi connectivity index (χ0v) is 29.5. The third-order valence-corrected chi connectivity index (χ3v) is 16.0. The van der Waals surface area contributed by atoms with Gasteiger partial charge in [0.05, 0.1) is 0 Å². The van der Waals surface area contributed by atoms with E-state index in [2.05, 4.69) is 25.7 Å². The van der Waals surface area contributed by atoms with Gasteiger partial charge in [0.15, 0.2) is 17.2 Å². The minimum absolute atomic E-state index is 0.0609. The second kappa shape index (κ2) is 12.3. The Kier molecular flexibility index (Phi) is 8.67. The maximum Gasteiger partial charge on any atom is 0.304 e. The van der Waals surface area contributed by atoms with Gasteiger partial charge in [-0.2, -0.15) is 0 Å². The molecule has 1 N–H and O–H groups in total. The Morgan fingerprint density at radius 1 is 0.771 bits per heavy atom. The molecule has 0 aromatic carbocycles. The summed E-state index contributed by atoms with van der Waals surface area (Å²) in [6, 6.07) is 0. The molecule has 5 nitrogen and oxygen atoms in total. The summed E-state index contributed by atoms with van der Waals surface area (Å²) in [4.78, 5) is 35.3. The van der Waals surface area contributed by atoms with Crippen molar-refractivity contribution in [3.63, 3.8) is 0 Å². The van der Waals surface area contributed by atoms with Crippen LogP contribution in [0.15, 0.2) is 23.3 Å². The molecule has 0 aliphatic heterocycles. The number of allylic oxidation sites excluding steroid dienone is 2. The van der Waals surface area contributed by atoms with Gasteiger partial charge in [-0.05, 0) is 156 Å². The molecule has 258 valence electrons. The van der Waals surface area contributed by atoms with Crippen LogP contribution < -0.4 is 0 Å². The number of fused-ring (bicyclic) bond motifs is 10. The van der Waals surface area contributed by atoms with Crippen molar-refractivity contribution in [2.45, 2.75) is 141 Å². The number of hydrogen-bond acceptors (Lipinski definition) is 5. The fraction of sp³-hybridized carbons (Fsp3) is 0.744. The van der Waals surface area contributed by atoms with E-state index >= 15 is 0 Å². The highest BCUT2D eigenvalue weighted by atomic mass is 16.6. The number of aliphatic hydroxyl groups is 1. The van der Waals surface area contributed by atoms with Crippen LogP contribution in [0.2, 0.25) is 0 Å². The molecular formula is C43H56O5. The molecule has 0 aromatic rings. The van der Waals surface area contributed by atoms with Gasteiger partial charge in [0, 0.05) is 30.6 Å². The van der Waals surface area contributed by atoms with Crippen molar-refractivity contribution >= 4 is 17.5 Å². The average molecular weight is 653 g/mol. The summed E-state index contributed by atoms with van der Waals surface area (Å²) in [5.41, 5.74) is 1.04. The van der Waals surface area contributed by atoms with Gasteiger partial charge in [-0.1, -0.05) is 36.8 Å². The highest BCUT2D eigenvalue weighted by Crippen LogP contribution is 2.67. The van der Waals surface area contributed by atoms with E-state index in [-0.39, 0.29) is 16.8 Å². The molecule has 8 aliphatic carbocycles. The smallest absolute Gasteiger partial charge is 0.304 e. The van der Waals surface area contributed by atoms with Crippen LogP contribution in [0, 0.1) is 82.9 Å². The third-order valence-electron chi connectivity index (χ3n) is 16.0. The average Bonchev–Trinajstić information content (AvgIpc) is 3.55. The van der Waals surface area contributed by atoms with Gasteiger partial charge in [0.2, 0.25) is 0 Å². The van der Waals surface area contributed by atoms with Crippen molar-refractivity contribution in [2.75, 3.05) is 0 Å². The molecular weight excluding hydrogens is 596 g/mol. The Morgan fingerprint density at radius 2 is 1.33 bits per heavy atom. The normalized spacial score (nSPS) is 47.0. The zero-order valence-electron chi connectivity index (χ0n) is 29.5. The van der Waals surface area contributed by atoms with Crippen LogP contribution in [-0.4, -0.2) is 33.8 Å². The van der Waals surface area contributed by atoms with Gasteiger partial charge >= 0.3 is 5.97 Å². The van der Waals surface area contributed by atoms with E-state index in [1.807, 2.05) is 12.2 Å². The molecule has 0 amide bonds. The molecule has 8 rings (SSSR count). The van der Waals surface area contributed by atoms with Crippen LogP contribution >= 0.6 is 0 Å². The summed E-state index contributed by atoms with van der Waals surface area (Å²) in [7, 11) is 0. The fourth-order valence-electron chi connectivity index (χ4n) is 13.8. The van der Waals surface area contributed by atoms with Crippen molar-refractivity contribution < 1.29 is 24.2 Å². The van der Waals surface area contributed by atoms with Crippen molar-refractivity contribution in [3.05, 3.63) is 23.3 Å². The molecule has 0 radical (unpaired) electrons. The lowest BCUT2D eigenvalue weighted by atomic mass is 9.49. The molecule has 0 bridgehead atoms. The Bertz CT molecular complexity index is 1500. The highest BCUT2D eigenvalue weighted by molar-refractivity contribution is 5.91. The Labute approximate surface area is 288 Å². The first-order valence-electron chi connectivity index (χ1n) is 19.3. The first-order chi connectivity index (χ1) is 22.9. The highest BCUT2D eigenvalue weighted by Gasteiger charge is 2.65. The molecule has 6 saturated carbocycles. The monoisotopic (exact) mass is 652 g/mol. The molecule has 0 spiro atoms. The van der Waals surface area contributed by atoms with Crippen LogP contribution in [0.5, 0.6) is 0 Å². The van der Waals surface area contributed by atoms with Crippen molar-refractivity contribution in [2.24, 2.45) is 58.2 Å². The predicted molar refractivity (Wildman–Crippen MR) is 186 cm³/mol. The van der Waals surface area contributed by atoms with Crippen LogP contribution in [-0.2, 0) is 19.1 Å². The number of ether oxygens (including phenoxy) is 1. The second-order valence-corrected chi connectivity index (χ2v) is 17.3. The number of esters is 1. The lowest BCUT2D eigenvalue weighted by Gasteiger charge is -2.55. The van der Waals surface area contributed by atoms with Gasteiger partial charge in [0.25, 0.3) is 0 Å². The first kappa shape index (κ1) is 33.8. The Balaban J connectivity index is 0.000000152. The summed E-state index contributed by atoms with van der Waals surface area (Å²) in [5, 5.41) is 11.1. The SMILES string of the molecule is C#CC1(O)CC[C@H]2[C@@H]3CCC4=CC(=O)CC[C@@H]4[C@H]3CC[C@@]21CC.C#C[C@]1(OC(C)=O)CC[C@H]2[C@@H]3CCC4=CC(=O)CC[C@@H]4[C@H]3CC[C@@]21C. The summed E-state index contributed by atoms with van der Waals surface area (Å²) >= 11 is 0. The summed E-state index contributed by atoms with van der Waals surface area (Å²) in [5.74, 6) is 11.1. The lowest BCUT2D eigenvalue weighted by molar-refractivity contribution is -0.167. The van der Waals surface area contributed by atoms with Crippen LogP contribution in [0.25, 0.3) is 0 Å². The topological polar surface area (TPSA) is 80.7 Å². The standard InChI is InChI=1S/C22H28O3.C21H28O2/c1-4-22(25-14(2)23)12-10-20-19-7-5-15-13-16(24)6-8-17(15)18(19)9-11-21(20,22)3;1-3-20-11-9-17-16-8-6-15(22)13-14(16)5-7-18(17)19(20)10-12-21(20,23)4-2/h1,13,17-20H,5-12H2,2-3H3;2,13,16-19,23H,3,5-12H2,1H3/t17-,18+,19+,20-,21-,22-;16-,17+,18+,19-,20-,21?/m00/s1. The van der Waals surface area contributed by atoms with Crippen molar-refractivity contribution in [1.82, 2.24) is 0 Å². The summed E-state index contributed by atoms with van der Waals surface area (Å²) in [6.45, 7) is 5.95. The van der Waals surface area contributed by atoms with Gasteiger partial charge in [-0.3, -0.25) is 14.4 Å². The predicted octanol–water partition coefficient (Wildman–Crippen LogP) is 7.95. The van der Waals surface area contributed by atoms with Crippen LogP contribution in [0.4, 0.5) is 0 Å². The van der Waals surface area contributed by atoms with E-state index in [4.69, 9.17) is 17.6 Å². The molecule has 48 heavy (non-hydrogen) atoms. The molecule has 12 atom stereocenters. The summed E-state index contributed by atoms with van der Waals surface area (Å²) < 4.78 is 5.79. The van der Waals surface area contributed by atoms with Crippen molar-refractivity contribution in [1.29, 1.82) is 0 Å². The second-order valence-electron chi connectivity index (χ2n) is 17.3. The molecule has 8 aliphatic rings. The summed E-state index contributed by atoms with van der Waals surface area (Å²) in [6.07, 6.45) is 32.7. The van der Waals surface area contributed by atoms with Crippen LogP contribution in [0.3, 0.4) is 0 Å². The number of carbonyl (C=O) groups is 3.